The lowest BCUT2D eigenvalue weighted by Crippen LogP contribution is -2.00. The summed E-state index contributed by atoms with van der Waals surface area (Å²) >= 11 is 0. The van der Waals surface area contributed by atoms with E-state index in [9.17, 15) is 4.79 Å². The van der Waals surface area contributed by atoms with Crippen LogP contribution >= 0.6 is 0 Å². The van der Waals surface area contributed by atoms with Crippen LogP contribution in [0.15, 0.2) is 53.6 Å². The second kappa shape index (κ2) is 7.39. The standard InChI is InChI=1S/C17H12N4O2/c1-23-17(22)14-4-2-12(3-5-14)13-6-8-15(9-7-13)20-21-16(10-18)11-19/h2-9,20H,1H3. The molecule has 112 valence electrons. The van der Waals surface area contributed by atoms with E-state index in [1.54, 1.807) is 36.4 Å². The Morgan fingerprint density at radius 3 is 2.00 bits per heavy atom. The Bertz CT molecular complexity index is 794. The Labute approximate surface area is 133 Å². The van der Waals surface area contributed by atoms with Crippen molar-refractivity contribution in [3.8, 4) is 23.3 Å². The molecule has 0 aromatic heterocycles. The molecule has 1 N–H and O–H groups in total. The Morgan fingerprint density at radius 2 is 1.52 bits per heavy atom. The summed E-state index contributed by atoms with van der Waals surface area (Å²) in [6.45, 7) is 0. The molecule has 0 bridgehead atoms. The number of esters is 1. The quantitative estimate of drug-likeness (QED) is 0.532. The third-order valence-corrected chi connectivity index (χ3v) is 3.03. The van der Waals surface area contributed by atoms with E-state index in [-0.39, 0.29) is 11.7 Å². The Morgan fingerprint density at radius 1 is 1.00 bits per heavy atom. The number of rotatable bonds is 4. The number of hydrazone groups is 1. The zero-order valence-electron chi connectivity index (χ0n) is 12.3. The molecule has 0 unspecified atom stereocenters. The smallest absolute Gasteiger partial charge is 0.337 e. The zero-order valence-corrected chi connectivity index (χ0v) is 12.3. The molecule has 2 aromatic carbocycles. The third kappa shape index (κ3) is 3.93. The van der Waals surface area contributed by atoms with Gasteiger partial charge in [0.05, 0.1) is 18.4 Å². The molecule has 0 radical (unpaired) electrons. The van der Waals surface area contributed by atoms with Gasteiger partial charge in [-0.05, 0) is 35.4 Å². The highest BCUT2D eigenvalue weighted by atomic mass is 16.5. The van der Waals surface area contributed by atoms with Crippen molar-refractivity contribution >= 4 is 17.4 Å². The van der Waals surface area contributed by atoms with Crippen LogP contribution in [0.1, 0.15) is 10.4 Å². The van der Waals surface area contributed by atoms with E-state index in [2.05, 4.69) is 15.3 Å². The van der Waals surface area contributed by atoms with Crippen molar-refractivity contribution in [1.82, 2.24) is 0 Å². The van der Waals surface area contributed by atoms with Crippen LogP contribution in [-0.2, 0) is 4.74 Å². The van der Waals surface area contributed by atoms with Gasteiger partial charge in [-0.3, -0.25) is 5.43 Å². The Hall–Kier alpha value is -3.64. The molecule has 0 aliphatic rings. The first-order valence-electron chi connectivity index (χ1n) is 6.60. The van der Waals surface area contributed by atoms with E-state index < -0.39 is 0 Å². The number of carbonyl (C=O) groups is 1. The first-order valence-corrected chi connectivity index (χ1v) is 6.60. The number of nitriles is 2. The van der Waals surface area contributed by atoms with Gasteiger partial charge in [0.25, 0.3) is 0 Å². The van der Waals surface area contributed by atoms with Crippen LogP contribution in [0.25, 0.3) is 11.1 Å². The van der Waals surface area contributed by atoms with Crippen molar-refractivity contribution < 1.29 is 9.53 Å². The minimum Gasteiger partial charge on any atom is -0.465 e. The molecule has 2 rings (SSSR count). The number of anilines is 1. The second-order valence-electron chi connectivity index (χ2n) is 4.44. The normalized spacial score (nSPS) is 9.17. The lowest BCUT2D eigenvalue weighted by Gasteiger charge is -2.05. The summed E-state index contributed by atoms with van der Waals surface area (Å²) in [6, 6.07) is 17.7. The number of ether oxygens (including phenoxy) is 1. The number of hydrogen-bond acceptors (Lipinski definition) is 6. The van der Waals surface area contributed by atoms with Gasteiger partial charge in [-0.2, -0.15) is 15.6 Å². The molecule has 0 aliphatic heterocycles. The van der Waals surface area contributed by atoms with Gasteiger partial charge in [-0.25, -0.2) is 4.79 Å². The highest BCUT2D eigenvalue weighted by Gasteiger charge is 2.05. The van der Waals surface area contributed by atoms with Gasteiger partial charge in [0.1, 0.15) is 12.1 Å². The van der Waals surface area contributed by atoms with Crippen molar-refractivity contribution in [2.75, 3.05) is 12.5 Å². The van der Waals surface area contributed by atoms with Gasteiger partial charge in [0.2, 0.25) is 5.71 Å². The van der Waals surface area contributed by atoms with E-state index in [1.165, 1.54) is 7.11 Å². The van der Waals surface area contributed by atoms with Crippen LogP contribution in [0.4, 0.5) is 5.69 Å². The zero-order chi connectivity index (χ0) is 16.7. The lowest BCUT2D eigenvalue weighted by atomic mass is 10.0. The number of carbonyl (C=O) groups excluding carboxylic acids is 1. The molecule has 0 heterocycles. The predicted molar refractivity (Wildman–Crippen MR) is 85.5 cm³/mol. The van der Waals surface area contributed by atoms with Gasteiger partial charge in [-0.15, -0.1) is 0 Å². The number of hydrogen-bond donors (Lipinski definition) is 1. The summed E-state index contributed by atoms with van der Waals surface area (Å²) in [4.78, 5) is 11.4. The minimum atomic E-state index is -0.375. The monoisotopic (exact) mass is 304 g/mol. The van der Waals surface area contributed by atoms with E-state index in [4.69, 9.17) is 10.5 Å². The fraction of sp³-hybridized carbons (Fsp3) is 0.0588. The van der Waals surface area contributed by atoms with Crippen molar-refractivity contribution in [1.29, 1.82) is 10.5 Å². The van der Waals surface area contributed by atoms with Crippen molar-refractivity contribution in [2.45, 2.75) is 0 Å². The van der Waals surface area contributed by atoms with Crippen LogP contribution in [-0.4, -0.2) is 18.8 Å². The molecule has 0 spiro atoms. The van der Waals surface area contributed by atoms with Crippen LogP contribution in [0, 0.1) is 22.7 Å². The Balaban J connectivity index is 2.14. The van der Waals surface area contributed by atoms with Gasteiger partial charge >= 0.3 is 5.97 Å². The molecule has 0 amide bonds. The lowest BCUT2D eigenvalue weighted by molar-refractivity contribution is 0.0601. The third-order valence-electron chi connectivity index (χ3n) is 3.03. The molecule has 0 aliphatic carbocycles. The topological polar surface area (TPSA) is 98.3 Å². The highest BCUT2D eigenvalue weighted by Crippen LogP contribution is 2.22. The SMILES string of the molecule is COC(=O)c1ccc(-c2ccc(NN=C(C#N)C#N)cc2)cc1. The van der Waals surface area contributed by atoms with Gasteiger partial charge in [-0.1, -0.05) is 24.3 Å². The van der Waals surface area contributed by atoms with E-state index in [0.29, 0.717) is 11.3 Å². The van der Waals surface area contributed by atoms with Gasteiger partial charge < -0.3 is 4.74 Å². The summed E-state index contributed by atoms with van der Waals surface area (Å²) in [5, 5.41) is 20.9. The second-order valence-corrected chi connectivity index (χ2v) is 4.44. The molecule has 0 saturated heterocycles. The van der Waals surface area contributed by atoms with E-state index in [0.717, 1.165) is 11.1 Å². The van der Waals surface area contributed by atoms with Crippen molar-refractivity contribution in [2.24, 2.45) is 5.10 Å². The Kier molecular flexibility index (Phi) is 5.06. The fourth-order valence-electron chi connectivity index (χ4n) is 1.85. The molecule has 0 saturated carbocycles. The maximum atomic E-state index is 11.4. The predicted octanol–water partition coefficient (Wildman–Crippen LogP) is 2.96. The molecule has 0 fully saturated rings. The van der Waals surface area contributed by atoms with E-state index >= 15 is 0 Å². The molecule has 6 nitrogen and oxygen atoms in total. The summed E-state index contributed by atoms with van der Waals surface area (Å²) in [5.41, 5.74) is 5.44. The molecule has 6 heteroatoms. The maximum Gasteiger partial charge on any atom is 0.337 e. The molecule has 0 atom stereocenters. The maximum absolute atomic E-state index is 11.4. The molecule has 2 aromatic rings. The van der Waals surface area contributed by atoms with Crippen LogP contribution in [0.2, 0.25) is 0 Å². The molecule has 23 heavy (non-hydrogen) atoms. The number of nitrogens with one attached hydrogen (secondary N) is 1. The average Bonchev–Trinajstić information content (AvgIpc) is 2.62. The highest BCUT2D eigenvalue weighted by molar-refractivity contribution is 6.10. The molecular formula is C17H12N4O2. The molecular weight excluding hydrogens is 292 g/mol. The summed E-state index contributed by atoms with van der Waals surface area (Å²) in [5.74, 6) is -0.375. The number of methoxy groups -OCH3 is 1. The summed E-state index contributed by atoms with van der Waals surface area (Å²) in [7, 11) is 1.34. The number of nitrogens with zero attached hydrogens (tertiary/aromatic N) is 3. The summed E-state index contributed by atoms with van der Waals surface area (Å²) < 4.78 is 4.66. The van der Waals surface area contributed by atoms with Crippen LogP contribution in [0.3, 0.4) is 0 Å². The fourth-order valence-corrected chi connectivity index (χ4v) is 1.85. The average molecular weight is 304 g/mol. The van der Waals surface area contributed by atoms with Gasteiger partial charge in [0, 0.05) is 0 Å². The first-order chi connectivity index (χ1) is 11.2. The van der Waals surface area contributed by atoms with Crippen LogP contribution in [0.5, 0.6) is 0 Å². The van der Waals surface area contributed by atoms with E-state index in [1.807, 2.05) is 24.3 Å². The van der Waals surface area contributed by atoms with Crippen LogP contribution < -0.4 is 5.43 Å². The van der Waals surface area contributed by atoms with Crippen molar-refractivity contribution in [3.63, 3.8) is 0 Å². The summed E-state index contributed by atoms with van der Waals surface area (Å²) in [6.07, 6.45) is 0. The minimum absolute atomic E-state index is 0.243. The van der Waals surface area contributed by atoms with Gasteiger partial charge in [0.15, 0.2) is 0 Å². The largest absolute Gasteiger partial charge is 0.465 e. The van der Waals surface area contributed by atoms with Crippen molar-refractivity contribution in [3.05, 3.63) is 54.1 Å². The number of benzene rings is 2. The first kappa shape index (κ1) is 15.7.